The summed E-state index contributed by atoms with van der Waals surface area (Å²) in [7, 11) is 0. The zero-order chi connectivity index (χ0) is 45.8. The normalized spacial score (nSPS) is 13.1. The third-order valence-corrected chi connectivity index (χ3v) is 10.2. The summed E-state index contributed by atoms with van der Waals surface area (Å²) >= 11 is 0. The average Bonchev–Trinajstić information content (AvgIpc) is 3.28. The number of rotatable bonds is 43. The van der Waals surface area contributed by atoms with E-state index in [0.717, 1.165) is 77.0 Å². The molecule has 0 radical (unpaired) electrons. The molecule has 1 unspecified atom stereocenters. The summed E-state index contributed by atoms with van der Waals surface area (Å²) in [5, 5.41) is 0. The van der Waals surface area contributed by atoms with Gasteiger partial charge < -0.3 is 14.2 Å². The second kappa shape index (κ2) is 50.5. The van der Waals surface area contributed by atoms with Crippen LogP contribution in [0.25, 0.3) is 0 Å². The summed E-state index contributed by atoms with van der Waals surface area (Å²) in [6.45, 7) is 6.26. The van der Waals surface area contributed by atoms with Gasteiger partial charge in [-0.1, -0.05) is 245 Å². The maximum absolute atomic E-state index is 12.8. The van der Waals surface area contributed by atoms with Gasteiger partial charge in [0.2, 0.25) is 0 Å². The van der Waals surface area contributed by atoms with Crippen LogP contribution in [0.1, 0.15) is 201 Å². The lowest BCUT2D eigenvalue weighted by molar-refractivity contribution is -0.167. The Balaban J connectivity index is 4.56. The van der Waals surface area contributed by atoms with Gasteiger partial charge in [-0.15, -0.1) is 0 Å². The van der Waals surface area contributed by atoms with Crippen LogP contribution in [0.4, 0.5) is 0 Å². The molecule has 6 heteroatoms. The topological polar surface area (TPSA) is 78.9 Å². The van der Waals surface area contributed by atoms with Crippen LogP contribution < -0.4 is 0 Å². The number of carbonyl (C=O) groups excluding carboxylic acids is 3. The van der Waals surface area contributed by atoms with Crippen molar-refractivity contribution in [1.29, 1.82) is 0 Å². The second-order valence-electron chi connectivity index (χ2n) is 16.2. The van der Waals surface area contributed by atoms with E-state index in [1.54, 1.807) is 0 Å². The minimum absolute atomic E-state index is 0.111. The van der Waals surface area contributed by atoms with E-state index in [9.17, 15) is 14.4 Å². The quantitative estimate of drug-likeness (QED) is 0.0263. The number of carbonyl (C=O) groups is 3. The minimum Gasteiger partial charge on any atom is -0.462 e. The van der Waals surface area contributed by atoms with Crippen LogP contribution in [0.15, 0.2) is 122 Å². The Morgan fingerprint density at radius 1 is 0.333 bits per heavy atom. The molecule has 0 aromatic carbocycles. The molecule has 6 nitrogen and oxygen atoms in total. The lowest BCUT2D eigenvalue weighted by Crippen LogP contribution is -2.30. The highest BCUT2D eigenvalue weighted by molar-refractivity contribution is 5.71. The van der Waals surface area contributed by atoms with Gasteiger partial charge in [-0.2, -0.15) is 0 Å². The Bertz CT molecular complexity index is 1370. The molecule has 354 valence electrons. The van der Waals surface area contributed by atoms with E-state index in [-0.39, 0.29) is 37.5 Å². The molecule has 0 aromatic heterocycles. The summed E-state index contributed by atoms with van der Waals surface area (Å²) in [6.07, 6.45) is 68.9. The van der Waals surface area contributed by atoms with Gasteiger partial charge in [0.15, 0.2) is 6.10 Å². The molecule has 1 atom stereocenters. The molecule has 0 N–H and O–H groups in total. The van der Waals surface area contributed by atoms with Crippen LogP contribution in [-0.2, 0) is 28.6 Å². The van der Waals surface area contributed by atoms with Crippen LogP contribution in [0.5, 0.6) is 0 Å². The highest BCUT2D eigenvalue weighted by atomic mass is 16.6. The monoisotopic (exact) mass is 871 g/mol. The van der Waals surface area contributed by atoms with Crippen LogP contribution in [-0.4, -0.2) is 37.2 Å². The van der Waals surface area contributed by atoms with Crippen molar-refractivity contribution >= 4 is 17.9 Å². The molecular formula is C57H90O6. The van der Waals surface area contributed by atoms with E-state index in [2.05, 4.69) is 45.1 Å². The first-order chi connectivity index (χ1) is 31.0. The highest BCUT2D eigenvalue weighted by Gasteiger charge is 2.19. The average molecular weight is 871 g/mol. The Kier molecular flexibility index (Phi) is 47.1. The fourth-order valence-corrected chi connectivity index (χ4v) is 6.48. The Morgan fingerprint density at radius 3 is 0.968 bits per heavy atom. The number of esters is 3. The number of hydrogen-bond acceptors (Lipinski definition) is 6. The Morgan fingerprint density at radius 2 is 0.619 bits per heavy atom. The first-order valence-electron chi connectivity index (χ1n) is 25.2. The summed E-state index contributed by atoms with van der Waals surface area (Å²) in [5.74, 6) is -1.00. The van der Waals surface area contributed by atoms with E-state index < -0.39 is 6.10 Å². The van der Waals surface area contributed by atoms with Crippen molar-refractivity contribution in [1.82, 2.24) is 0 Å². The molecule has 0 amide bonds. The molecule has 63 heavy (non-hydrogen) atoms. The fourth-order valence-electron chi connectivity index (χ4n) is 6.48. The predicted octanol–water partition coefficient (Wildman–Crippen LogP) is 16.5. The maximum Gasteiger partial charge on any atom is 0.306 e. The van der Waals surface area contributed by atoms with Crippen molar-refractivity contribution in [3.05, 3.63) is 122 Å². The number of unbranched alkanes of at least 4 members (excludes halogenated alkanes) is 20. The molecule has 0 saturated carbocycles. The molecule has 0 heterocycles. The van der Waals surface area contributed by atoms with Gasteiger partial charge in [-0.25, -0.2) is 0 Å². The molecule has 0 aliphatic rings. The summed E-state index contributed by atoms with van der Waals surface area (Å²) in [6, 6.07) is 0. The van der Waals surface area contributed by atoms with Gasteiger partial charge >= 0.3 is 17.9 Å². The van der Waals surface area contributed by atoms with Crippen molar-refractivity contribution in [2.45, 2.75) is 207 Å². The van der Waals surface area contributed by atoms with Gasteiger partial charge in [0.25, 0.3) is 0 Å². The zero-order valence-electron chi connectivity index (χ0n) is 40.3. The molecule has 0 bridgehead atoms. The van der Waals surface area contributed by atoms with E-state index in [1.807, 2.05) is 97.2 Å². The van der Waals surface area contributed by atoms with Gasteiger partial charge in [0.1, 0.15) is 13.2 Å². The molecule has 0 aromatic rings. The van der Waals surface area contributed by atoms with Gasteiger partial charge in [0.05, 0.1) is 0 Å². The lowest BCUT2D eigenvalue weighted by Gasteiger charge is -2.18. The predicted molar refractivity (Wildman–Crippen MR) is 269 cm³/mol. The lowest BCUT2D eigenvalue weighted by atomic mass is 10.0. The van der Waals surface area contributed by atoms with E-state index >= 15 is 0 Å². The molecule has 0 rings (SSSR count). The fraction of sp³-hybridized carbons (Fsp3) is 0.596. The molecule has 0 saturated heterocycles. The summed E-state index contributed by atoms with van der Waals surface area (Å²) < 4.78 is 16.7. The molecule has 0 fully saturated rings. The Labute approximate surface area is 386 Å². The number of allylic oxidation sites excluding steroid dienone is 20. The van der Waals surface area contributed by atoms with Crippen LogP contribution >= 0.6 is 0 Å². The van der Waals surface area contributed by atoms with Gasteiger partial charge in [-0.3, -0.25) is 14.4 Å². The van der Waals surface area contributed by atoms with Crippen molar-refractivity contribution in [2.24, 2.45) is 0 Å². The summed E-state index contributed by atoms with van der Waals surface area (Å²) in [4.78, 5) is 37.9. The highest BCUT2D eigenvalue weighted by Crippen LogP contribution is 2.15. The van der Waals surface area contributed by atoms with Crippen LogP contribution in [0.2, 0.25) is 0 Å². The molecule has 0 aliphatic carbocycles. The standard InChI is InChI=1S/C57H90O6/c1-4-7-10-13-16-19-22-25-28-31-34-37-40-43-46-49-55(58)61-52-54(63-57(60)51-48-45-42-39-36-33-30-27-24-21-18-15-12-9-6-3)53-62-56(59)50-47-44-41-38-35-32-29-26-23-20-17-14-11-8-5-2/h7,9-10,12-13,15-16,18-19,21-22,24-25,27-28,30-31,33-34,36,54H,4-6,8,11,14,17,20,23,26,29,32,35,37-53H2,1-3H3/b10-7-,12-9-,16-13-,18-15-,22-19-,24-21-,28-25-,30-27-,34-31-,36-33-. The first kappa shape index (κ1) is 58.8. The van der Waals surface area contributed by atoms with E-state index in [0.29, 0.717) is 19.3 Å². The minimum atomic E-state index is -0.819. The number of hydrogen-bond donors (Lipinski definition) is 0. The second-order valence-corrected chi connectivity index (χ2v) is 16.2. The van der Waals surface area contributed by atoms with Crippen molar-refractivity contribution < 1.29 is 28.6 Å². The SMILES string of the molecule is CC\C=C/C=C\C=C/C=C\C=C/CCCCCC(=O)OCC(COC(=O)CCCCCCCCCCCCCCCCC)OC(=O)CCCCC\C=C/C=C\C=C/C=C\C=C/CC. The van der Waals surface area contributed by atoms with Gasteiger partial charge in [0, 0.05) is 19.3 Å². The molecule has 0 spiro atoms. The zero-order valence-corrected chi connectivity index (χ0v) is 40.3. The summed E-state index contributed by atoms with van der Waals surface area (Å²) in [5.41, 5.74) is 0. The van der Waals surface area contributed by atoms with Crippen LogP contribution in [0, 0.1) is 0 Å². The van der Waals surface area contributed by atoms with E-state index in [1.165, 1.54) is 77.0 Å². The third-order valence-electron chi connectivity index (χ3n) is 10.2. The van der Waals surface area contributed by atoms with Crippen molar-refractivity contribution in [3.63, 3.8) is 0 Å². The smallest absolute Gasteiger partial charge is 0.306 e. The van der Waals surface area contributed by atoms with E-state index in [4.69, 9.17) is 14.2 Å². The maximum atomic E-state index is 12.8. The van der Waals surface area contributed by atoms with Gasteiger partial charge in [-0.05, 0) is 57.8 Å². The van der Waals surface area contributed by atoms with Crippen molar-refractivity contribution in [3.8, 4) is 0 Å². The Hall–Kier alpha value is -4.19. The number of ether oxygens (including phenoxy) is 3. The third kappa shape index (κ3) is 48.7. The van der Waals surface area contributed by atoms with Crippen LogP contribution in [0.3, 0.4) is 0 Å². The first-order valence-corrected chi connectivity index (χ1v) is 25.2. The largest absolute Gasteiger partial charge is 0.462 e. The van der Waals surface area contributed by atoms with Crippen molar-refractivity contribution in [2.75, 3.05) is 13.2 Å². The molecular weight excluding hydrogens is 781 g/mol. The molecule has 0 aliphatic heterocycles.